The van der Waals surface area contributed by atoms with Gasteiger partial charge in [-0.2, -0.15) is 0 Å². The number of thiazole rings is 1. The number of nitrogens with zero attached hydrogens (tertiary/aromatic N) is 1. The Morgan fingerprint density at radius 2 is 1.96 bits per heavy atom. The lowest BCUT2D eigenvalue weighted by Crippen LogP contribution is -1.89. The Labute approximate surface area is 133 Å². The summed E-state index contributed by atoms with van der Waals surface area (Å²) in [6.07, 6.45) is 2.30. The molecular formula is C17H11F3N2S. The Kier molecular flexibility index (Phi) is 3.16. The van der Waals surface area contributed by atoms with Crippen LogP contribution in [0.1, 0.15) is 16.1 Å². The molecule has 2 aromatic heterocycles. The first-order valence-corrected chi connectivity index (χ1v) is 7.84. The average molecular weight is 332 g/mol. The summed E-state index contributed by atoms with van der Waals surface area (Å²) < 4.78 is 40.9. The van der Waals surface area contributed by atoms with Gasteiger partial charge in [-0.3, -0.25) is 0 Å². The van der Waals surface area contributed by atoms with Gasteiger partial charge in [0.1, 0.15) is 11.3 Å². The highest BCUT2D eigenvalue weighted by molar-refractivity contribution is 7.18. The molecule has 0 aliphatic heterocycles. The average Bonchev–Trinajstić information content (AvgIpc) is 3.10. The maximum absolute atomic E-state index is 13.8. The molecule has 2 nitrogen and oxygen atoms in total. The number of fused-ring (bicyclic) bond motifs is 2. The lowest BCUT2D eigenvalue weighted by atomic mass is 10.1. The lowest BCUT2D eigenvalue weighted by Gasteiger charge is -1.97. The molecule has 2 aromatic carbocycles. The molecule has 23 heavy (non-hydrogen) atoms. The van der Waals surface area contributed by atoms with Crippen LogP contribution in [0.4, 0.5) is 13.2 Å². The maximum Gasteiger partial charge on any atom is 0.186 e. The van der Waals surface area contributed by atoms with E-state index in [1.807, 2.05) is 25.3 Å². The molecule has 0 unspecified atom stereocenters. The van der Waals surface area contributed by atoms with E-state index in [9.17, 15) is 13.2 Å². The summed E-state index contributed by atoms with van der Waals surface area (Å²) in [7, 11) is 0. The first-order valence-electron chi connectivity index (χ1n) is 7.02. The quantitative estimate of drug-likeness (QED) is 0.509. The van der Waals surface area contributed by atoms with Crippen molar-refractivity contribution in [3.05, 3.63) is 64.0 Å². The molecule has 2 heterocycles. The molecule has 116 valence electrons. The van der Waals surface area contributed by atoms with E-state index in [0.29, 0.717) is 17.5 Å². The van der Waals surface area contributed by atoms with Gasteiger partial charge in [0.05, 0.1) is 9.71 Å². The second-order valence-corrected chi connectivity index (χ2v) is 6.56. The molecule has 0 fully saturated rings. The van der Waals surface area contributed by atoms with E-state index >= 15 is 0 Å². The van der Waals surface area contributed by atoms with Crippen LogP contribution in [0, 0.1) is 24.4 Å². The molecule has 0 radical (unpaired) electrons. The fraction of sp³-hybridized carbons (Fsp3) is 0.118. The van der Waals surface area contributed by atoms with E-state index in [1.165, 1.54) is 0 Å². The number of aromatic nitrogens is 2. The van der Waals surface area contributed by atoms with Crippen LogP contribution in [-0.4, -0.2) is 9.97 Å². The maximum atomic E-state index is 13.8. The topological polar surface area (TPSA) is 28.7 Å². The zero-order valence-electron chi connectivity index (χ0n) is 12.1. The van der Waals surface area contributed by atoms with Crippen LogP contribution in [0.15, 0.2) is 30.5 Å². The van der Waals surface area contributed by atoms with Crippen LogP contribution in [0.3, 0.4) is 0 Å². The van der Waals surface area contributed by atoms with Crippen LogP contribution >= 0.6 is 11.3 Å². The summed E-state index contributed by atoms with van der Waals surface area (Å²) in [5.41, 5.74) is 2.87. The molecule has 0 atom stereocenters. The first kappa shape index (κ1) is 14.3. The van der Waals surface area contributed by atoms with Gasteiger partial charge < -0.3 is 4.98 Å². The second kappa shape index (κ2) is 5.09. The van der Waals surface area contributed by atoms with Crippen LogP contribution < -0.4 is 0 Å². The highest BCUT2D eigenvalue weighted by Gasteiger charge is 2.18. The van der Waals surface area contributed by atoms with Gasteiger partial charge in [-0.25, -0.2) is 18.2 Å². The zero-order valence-corrected chi connectivity index (χ0v) is 12.9. The molecule has 0 bridgehead atoms. The third kappa shape index (κ3) is 2.30. The SMILES string of the molecule is Cc1ccc2[nH]cc(Cc3nc4c(F)c(F)cc(F)c4s3)c2c1. The minimum Gasteiger partial charge on any atom is -0.361 e. The van der Waals surface area contributed by atoms with E-state index in [0.717, 1.165) is 33.4 Å². The van der Waals surface area contributed by atoms with Crippen molar-refractivity contribution in [3.63, 3.8) is 0 Å². The molecule has 0 saturated carbocycles. The Bertz CT molecular complexity index is 1050. The van der Waals surface area contributed by atoms with Crippen molar-refractivity contribution in [1.29, 1.82) is 0 Å². The molecular weight excluding hydrogens is 321 g/mol. The number of aromatic amines is 1. The summed E-state index contributed by atoms with van der Waals surface area (Å²) in [5, 5.41) is 1.60. The monoisotopic (exact) mass is 332 g/mol. The van der Waals surface area contributed by atoms with Crippen LogP contribution in [0.5, 0.6) is 0 Å². The summed E-state index contributed by atoms with van der Waals surface area (Å²) in [5.74, 6) is -3.09. The van der Waals surface area contributed by atoms with Crippen molar-refractivity contribution in [2.24, 2.45) is 0 Å². The predicted octanol–water partition coefficient (Wildman–Crippen LogP) is 5.09. The van der Waals surface area contributed by atoms with E-state index in [-0.39, 0.29) is 10.2 Å². The third-order valence-electron chi connectivity index (χ3n) is 3.82. The smallest absolute Gasteiger partial charge is 0.186 e. The van der Waals surface area contributed by atoms with Gasteiger partial charge in [0, 0.05) is 29.6 Å². The van der Waals surface area contributed by atoms with Crippen LogP contribution in [-0.2, 0) is 6.42 Å². The van der Waals surface area contributed by atoms with Gasteiger partial charge in [0.25, 0.3) is 0 Å². The number of nitrogens with one attached hydrogen (secondary N) is 1. The fourth-order valence-electron chi connectivity index (χ4n) is 2.71. The molecule has 1 N–H and O–H groups in total. The number of aryl methyl sites for hydroxylation is 1. The summed E-state index contributed by atoms with van der Waals surface area (Å²) in [6, 6.07) is 6.61. The predicted molar refractivity (Wildman–Crippen MR) is 85.3 cm³/mol. The Morgan fingerprint density at radius 3 is 2.78 bits per heavy atom. The van der Waals surface area contributed by atoms with Gasteiger partial charge in [-0.15, -0.1) is 11.3 Å². The largest absolute Gasteiger partial charge is 0.361 e. The number of rotatable bonds is 2. The molecule has 0 aliphatic carbocycles. The molecule has 4 rings (SSSR count). The highest BCUT2D eigenvalue weighted by atomic mass is 32.1. The Balaban J connectivity index is 1.82. The van der Waals surface area contributed by atoms with Crippen molar-refractivity contribution in [3.8, 4) is 0 Å². The van der Waals surface area contributed by atoms with Gasteiger partial charge in [-0.05, 0) is 24.6 Å². The minimum atomic E-state index is -1.21. The number of hydrogen-bond acceptors (Lipinski definition) is 2. The molecule has 0 spiro atoms. The van der Waals surface area contributed by atoms with E-state index < -0.39 is 17.5 Å². The van der Waals surface area contributed by atoms with Crippen molar-refractivity contribution >= 4 is 32.5 Å². The van der Waals surface area contributed by atoms with Crippen LogP contribution in [0.2, 0.25) is 0 Å². The van der Waals surface area contributed by atoms with Gasteiger partial charge >= 0.3 is 0 Å². The fourth-order valence-corrected chi connectivity index (χ4v) is 3.69. The molecule has 0 saturated heterocycles. The number of H-pyrrole nitrogens is 1. The molecule has 0 aliphatic rings. The molecule has 6 heteroatoms. The minimum absolute atomic E-state index is 0.0509. The van der Waals surface area contributed by atoms with E-state index in [1.54, 1.807) is 0 Å². The van der Waals surface area contributed by atoms with Crippen molar-refractivity contribution < 1.29 is 13.2 Å². The normalized spacial score (nSPS) is 11.7. The second-order valence-electron chi connectivity index (χ2n) is 5.48. The van der Waals surface area contributed by atoms with E-state index in [4.69, 9.17) is 0 Å². The highest BCUT2D eigenvalue weighted by Crippen LogP contribution is 2.31. The summed E-state index contributed by atoms with van der Waals surface area (Å²) >= 11 is 1.05. The van der Waals surface area contributed by atoms with E-state index in [2.05, 4.69) is 16.0 Å². The van der Waals surface area contributed by atoms with Gasteiger partial charge in [0.15, 0.2) is 11.6 Å². The Morgan fingerprint density at radius 1 is 1.13 bits per heavy atom. The Hall–Kier alpha value is -2.34. The summed E-state index contributed by atoms with van der Waals surface area (Å²) in [6.45, 7) is 2.00. The number of halogens is 3. The first-order chi connectivity index (χ1) is 11.0. The lowest BCUT2D eigenvalue weighted by molar-refractivity contribution is 0.504. The standard InChI is InChI=1S/C17H11F3N2S/c1-8-2-3-13-10(4-8)9(7-21-13)5-14-22-16-15(20)11(18)6-12(19)17(16)23-14/h2-4,6-7,21H,5H2,1H3. The van der Waals surface area contributed by atoms with Gasteiger partial charge in [-0.1, -0.05) is 11.6 Å². The number of benzene rings is 2. The zero-order chi connectivity index (χ0) is 16.1. The molecule has 4 aromatic rings. The van der Waals surface area contributed by atoms with Crippen molar-refractivity contribution in [2.75, 3.05) is 0 Å². The van der Waals surface area contributed by atoms with Crippen molar-refractivity contribution in [1.82, 2.24) is 9.97 Å². The van der Waals surface area contributed by atoms with Crippen LogP contribution in [0.25, 0.3) is 21.1 Å². The number of hydrogen-bond donors (Lipinski definition) is 1. The van der Waals surface area contributed by atoms with Crippen molar-refractivity contribution in [2.45, 2.75) is 13.3 Å². The van der Waals surface area contributed by atoms with Gasteiger partial charge in [0.2, 0.25) is 0 Å². The molecule has 0 amide bonds. The third-order valence-corrected chi connectivity index (χ3v) is 4.89. The summed E-state index contributed by atoms with van der Waals surface area (Å²) in [4.78, 5) is 7.26.